The average molecular weight is 260 g/mol. The van der Waals surface area contributed by atoms with Crippen LogP contribution in [-0.4, -0.2) is 24.2 Å². The van der Waals surface area contributed by atoms with Crippen LogP contribution in [0.3, 0.4) is 0 Å². The molecule has 0 unspecified atom stereocenters. The maximum absolute atomic E-state index is 11.6. The molecule has 0 radical (unpaired) electrons. The summed E-state index contributed by atoms with van der Waals surface area (Å²) in [6.07, 6.45) is 0. The van der Waals surface area contributed by atoms with Crippen LogP contribution < -0.4 is 15.0 Å². The monoisotopic (exact) mass is 260 g/mol. The van der Waals surface area contributed by atoms with Gasteiger partial charge in [-0.2, -0.15) is 0 Å². The zero-order valence-electron chi connectivity index (χ0n) is 11.4. The molecule has 1 aromatic heterocycles. The molecule has 0 saturated carbocycles. The number of methoxy groups -OCH3 is 2. The highest BCUT2D eigenvalue weighted by molar-refractivity contribution is 5.74. The second-order valence-electron chi connectivity index (χ2n) is 4.26. The van der Waals surface area contributed by atoms with Crippen molar-refractivity contribution in [1.82, 2.24) is 9.97 Å². The average Bonchev–Trinajstić information content (AvgIpc) is 2.36. The number of rotatable bonds is 3. The van der Waals surface area contributed by atoms with E-state index in [9.17, 15) is 4.79 Å². The lowest BCUT2D eigenvalue weighted by molar-refractivity contribution is 0.396. The van der Waals surface area contributed by atoms with Crippen LogP contribution in [0.4, 0.5) is 0 Å². The van der Waals surface area contributed by atoms with Gasteiger partial charge in [0.25, 0.3) is 5.56 Å². The fourth-order valence-electron chi connectivity index (χ4n) is 2.00. The number of ether oxygens (including phenoxy) is 2. The number of benzene rings is 1. The third-order valence-corrected chi connectivity index (χ3v) is 2.77. The molecule has 0 spiro atoms. The van der Waals surface area contributed by atoms with Crippen LogP contribution in [-0.2, 0) is 0 Å². The van der Waals surface area contributed by atoms with Crippen LogP contribution in [0.25, 0.3) is 11.3 Å². The minimum atomic E-state index is -0.202. The third kappa shape index (κ3) is 2.59. The van der Waals surface area contributed by atoms with Crippen molar-refractivity contribution in [2.45, 2.75) is 13.8 Å². The lowest BCUT2D eigenvalue weighted by Crippen LogP contribution is -2.09. The maximum atomic E-state index is 11.6. The Kier molecular flexibility index (Phi) is 3.55. The molecule has 5 nitrogen and oxygen atoms in total. The molecule has 0 atom stereocenters. The molecule has 2 rings (SSSR count). The second-order valence-corrected chi connectivity index (χ2v) is 4.26. The quantitative estimate of drug-likeness (QED) is 0.917. The number of aromatic amines is 1. The number of nitrogens with one attached hydrogen (secondary N) is 1. The number of aryl methyl sites for hydroxylation is 2. The van der Waals surface area contributed by atoms with Gasteiger partial charge in [0, 0.05) is 6.07 Å². The Labute approximate surface area is 111 Å². The molecule has 1 heterocycles. The minimum absolute atomic E-state index is 0.202. The van der Waals surface area contributed by atoms with Crippen molar-refractivity contribution >= 4 is 0 Å². The van der Waals surface area contributed by atoms with Crippen LogP contribution in [0.1, 0.15) is 11.4 Å². The van der Waals surface area contributed by atoms with Crippen LogP contribution in [0.2, 0.25) is 0 Å². The Morgan fingerprint density at radius 1 is 1.05 bits per heavy atom. The van der Waals surface area contributed by atoms with Crippen LogP contribution >= 0.6 is 0 Å². The summed E-state index contributed by atoms with van der Waals surface area (Å²) in [6, 6.07) is 5.20. The van der Waals surface area contributed by atoms with E-state index in [2.05, 4.69) is 9.97 Å². The Hall–Kier alpha value is -2.30. The highest BCUT2D eigenvalue weighted by Gasteiger charge is 2.15. The fraction of sp³-hybridized carbons (Fsp3) is 0.286. The minimum Gasteiger partial charge on any atom is -0.496 e. The van der Waals surface area contributed by atoms with Gasteiger partial charge in [-0.15, -0.1) is 0 Å². The summed E-state index contributed by atoms with van der Waals surface area (Å²) < 4.78 is 10.7. The van der Waals surface area contributed by atoms with E-state index in [1.165, 1.54) is 6.07 Å². The fourth-order valence-corrected chi connectivity index (χ4v) is 2.00. The normalized spacial score (nSPS) is 10.3. The van der Waals surface area contributed by atoms with E-state index in [0.29, 0.717) is 28.6 Å². The molecule has 19 heavy (non-hydrogen) atoms. The molecule has 100 valence electrons. The first-order valence-electron chi connectivity index (χ1n) is 5.86. The smallest absolute Gasteiger partial charge is 0.251 e. The molecule has 0 aliphatic rings. The maximum Gasteiger partial charge on any atom is 0.251 e. The van der Waals surface area contributed by atoms with Crippen molar-refractivity contribution in [3.8, 4) is 22.8 Å². The first kappa shape index (κ1) is 13.1. The summed E-state index contributed by atoms with van der Waals surface area (Å²) in [5.74, 6) is 1.82. The Morgan fingerprint density at radius 3 is 2.11 bits per heavy atom. The van der Waals surface area contributed by atoms with Crippen molar-refractivity contribution in [3.63, 3.8) is 0 Å². The summed E-state index contributed by atoms with van der Waals surface area (Å²) in [4.78, 5) is 18.5. The molecule has 2 aromatic rings. The first-order valence-corrected chi connectivity index (χ1v) is 5.86. The number of nitrogens with zero attached hydrogens (tertiary/aromatic N) is 1. The molecule has 0 fully saturated rings. The van der Waals surface area contributed by atoms with Gasteiger partial charge in [-0.05, 0) is 31.5 Å². The van der Waals surface area contributed by atoms with Gasteiger partial charge in [-0.1, -0.05) is 0 Å². The summed E-state index contributed by atoms with van der Waals surface area (Å²) in [7, 11) is 3.16. The number of H-pyrrole nitrogens is 1. The summed E-state index contributed by atoms with van der Waals surface area (Å²) >= 11 is 0. The third-order valence-electron chi connectivity index (χ3n) is 2.77. The van der Waals surface area contributed by atoms with Crippen molar-refractivity contribution < 1.29 is 9.47 Å². The molecule has 0 saturated heterocycles. The summed E-state index contributed by atoms with van der Waals surface area (Å²) in [5.41, 5.74) is 2.03. The van der Waals surface area contributed by atoms with Gasteiger partial charge in [-0.3, -0.25) is 4.79 Å². The Bertz CT molecular complexity index is 637. The molecular formula is C14H16N2O3. The molecule has 0 bridgehead atoms. The molecule has 5 heteroatoms. The van der Waals surface area contributed by atoms with Gasteiger partial charge in [-0.25, -0.2) is 4.98 Å². The highest BCUT2D eigenvalue weighted by atomic mass is 16.5. The van der Waals surface area contributed by atoms with E-state index in [0.717, 1.165) is 5.56 Å². The SMILES string of the molecule is COc1cc(C)cc(OC)c1-c1cc(=O)[nH]c(C)n1. The number of hydrogen-bond acceptors (Lipinski definition) is 4. The number of hydrogen-bond donors (Lipinski definition) is 1. The van der Waals surface area contributed by atoms with Gasteiger partial charge < -0.3 is 14.5 Å². The predicted octanol–water partition coefficient (Wildman–Crippen LogP) is 2.07. The molecule has 0 aliphatic heterocycles. The van der Waals surface area contributed by atoms with Crippen molar-refractivity contribution in [1.29, 1.82) is 0 Å². The Balaban J connectivity index is 2.75. The van der Waals surface area contributed by atoms with Gasteiger partial charge in [0.2, 0.25) is 0 Å². The number of aromatic nitrogens is 2. The summed E-state index contributed by atoms with van der Waals surface area (Å²) in [5, 5.41) is 0. The largest absolute Gasteiger partial charge is 0.496 e. The highest BCUT2D eigenvalue weighted by Crippen LogP contribution is 2.37. The Morgan fingerprint density at radius 2 is 1.63 bits per heavy atom. The van der Waals surface area contributed by atoms with E-state index in [-0.39, 0.29) is 5.56 Å². The summed E-state index contributed by atoms with van der Waals surface area (Å²) in [6.45, 7) is 3.68. The first-order chi connectivity index (χ1) is 9.05. The van der Waals surface area contributed by atoms with Crippen molar-refractivity contribution in [2.75, 3.05) is 14.2 Å². The van der Waals surface area contributed by atoms with Gasteiger partial charge >= 0.3 is 0 Å². The van der Waals surface area contributed by atoms with E-state index < -0.39 is 0 Å². The second kappa shape index (κ2) is 5.14. The zero-order valence-corrected chi connectivity index (χ0v) is 11.4. The van der Waals surface area contributed by atoms with E-state index in [4.69, 9.17) is 9.47 Å². The standard InChI is InChI=1S/C14H16N2O3/c1-8-5-11(18-3)14(12(6-8)19-4)10-7-13(17)16-9(2)15-10/h5-7H,1-4H3,(H,15,16,17). The van der Waals surface area contributed by atoms with Crippen LogP contribution in [0.5, 0.6) is 11.5 Å². The topological polar surface area (TPSA) is 64.2 Å². The van der Waals surface area contributed by atoms with Crippen LogP contribution in [0.15, 0.2) is 23.0 Å². The predicted molar refractivity (Wildman–Crippen MR) is 72.9 cm³/mol. The molecule has 1 aromatic carbocycles. The zero-order chi connectivity index (χ0) is 14.0. The van der Waals surface area contributed by atoms with E-state index in [1.807, 2.05) is 19.1 Å². The molecule has 0 aliphatic carbocycles. The van der Waals surface area contributed by atoms with E-state index >= 15 is 0 Å². The van der Waals surface area contributed by atoms with Gasteiger partial charge in [0.05, 0.1) is 25.5 Å². The molecular weight excluding hydrogens is 244 g/mol. The van der Waals surface area contributed by atoms with Crippen LogP contribution in [0, 0.1) is 13.8 Å². The molecule has 1 N–H and O–H groups in total. The van der Waals surface area contributed by atoms with Gasteiger partial charge in [0.1, 0.15) is 17.3 Å². The van der Waals surface area contributed by atoms with Crippen molar-refractivity contribution in [2.24, 2.45) is 0 Å². The lowest BCUT2D eigenvalue weighted by Gasteiger charge is -2.14. The molecule has 0 amide bonds. The van der Waals surface area contributed by atoms with Gasteiger partial charge in [0.15, 0.2) is 0 Å². The lowest BCUT2D eigenvalue weighted by atomic mass is 10.1. The van der Waals surface area contributed by atoms with Crippen molar-refractivity contribution in [3.05, 3.63) is 39.9 Å². The van der Waals surface area contributed by atoms with E-state index in [1.54, 1.807) is 21.1 Å².